The van der Waals surface area contributed by atoms with Crippen molar-refractivity contribution in [1.29, 1.82) is 0 Å². The molecule has 10 nitrogen and oxygen atoms in total. The fraction of sp³-hybridized carbons (Fsp3) is 0.370. The second kappa shape index (κ2) is 11.3. The predicted octanol–water partition coefficient (Wildman–Crippen LogP) is 3.83. The quantitative estimate of drug-likeness (QED) is 0.471. The van der Waals surface area contributed by atoms with Crippen molar-refractivity contribution in [3.63, 3.8) is 0 Å². The van der Waals surface area contributed by atoms with Crippen LogP contribution in [0.15, 0.2) is 52.4 Å². The van der Waals surface area contributed by atoms with E-state index >= 15 is 0 Å². The van der Waals surface area contributed by atoms with Crippen molar-refractivity contribution in [1.82, 2.24) is 10.2 Å². The lowest BCUT2D eigenvalue weighted by molar-refractivity contribution is -0.128. The molecular formula is C27H29N5O5S. The molecule has 3 heterocycles. The topological polar surface area (TPSA) is 122 Å². The summed E-state index contributed by atoms with van der Waals surface area (Å²) in [7, 11) is 0. The first kappa shape index (κ1) is 25.8. The second-order valence-electron chi connectivity index (χ2n) is 9.03. The highest BCUT2D eigenvalue weighted by atomic mass is 32.2. The number of rotatable bonds is 9. The number of nitrogens with one attached hydrogen (secondary N) is 2. The van der Waals surface area contributed by atoms with Gasteiger partial charge in [-0.15, -0.1) is 0 Å². The Hall–Kier alpha value is -3.86. The number of ether oxygens (including phenoxy) is 2. The molecule has 3 amide bonds. The molecule has 0 aromatic heterocycles. The van der Waals surface area contributed by atoms with Gasteiger partial charge in [-0.1, -0.05) is 44.2 Å². The number of carbonyl (C=O) groups is 3. The number of aliphatic imine (C=N–C) groups is 2. The van der Waals surface area contributed by atoms with Gasteiger partial charge in [0.1, 0.15) is 11.9 Å². The molecule has 3 aliphatic rings. The molecule has 0 aliphatic carbocycles. The monoisotopic (exact) mass is 535 g/mol. The highest BCUT2D eigenvalue weighted by molar-refractivity contribution is 8.15. The van der Waals surface area contributed by atoms with Crippen LogP contribution in [0.4, 0.5) is 11.4 Å². The highest BCUT2D eigenvalue weighted by Gasteiger charge is 2.43. The molecule has 0 spiro atoms. The lowest BCUT2D eigenvalue weighted by Gasteiger charge is -2.27. The summed E-state index contributed by atoms with van der Waals surface area (Å²) in [6, 6.07) is 11.8. The molecule has 2 aromatic rings. The Labute approximate surface area is 224 Å². The van der Waals surface area contributed by atoms with E-state index in [2.05, 4.69) is 15.6 Å². The molecule has 0 saturated heterocycles. The van der Waals surface area contributed by atoms with E-state index in [-0.39, 0.29) is 30.9 Å². The van der Waals surface area contributed by atoms with Gasteiger partial charge in [0, 0.05) is 23.9 Å². The minimum atomic E-state index is -0.842. The van der Waals surface area contributed by atoms with Gasteiger partial charge in [0.2, 0.25) is 18.6 Å². The van der Waals surface area contributed by atoms with Gasteiger partial charge in [0.15, 0.2) is 16.7 Å². The Balaban J connectivity index is 1.34. The maximum Gasteiger partial charge on any atom is 0.259 e. The molecule has 38 heavy (non-hydrogen) atoms. The number of unbranched alkanes of at least 4 members (excludes halogenated alkanes) is 1. The molecular weight excluding hydrogens is 506 g/mol. The Morgan fingerprint density at radius 3 is 2.79 bits per heavy atom. The molecule has 0 bridgehead atoms. The van der Waals surface area contributed by atoms with Crippen LogP contribution in [0.25, 0.3) is 0 Å². The molecule has 2 aromatic carbocycles. The van der Waals surface area contributed by atoms with E-state index in [9.17, 15) is 14.4 Å². The summed E-state index contributed by atoms with van der Waals surface area (Å²) >= 11 is 1.21. The van der Waals surface area contributed by atoms with Crippen LogP contribution in [-0.4, -0.2) is 58.3 Å². The van der Waals surface area contributed by atoms with E-state index < -0.39 is 11.3 Å². The molecule has 2 atom stereocenters. The SMILES string of the molecule is CCCCNC(=O)C[C@@H]1N=C2c3ccccc3N=C(S[C@H](CC)C(=O)Nc3ccc4c(c3)OCO4)N2C1=O. The third-order valence-corrected chi connectivity index (χ3v) is 7.65. The molecule has 198 valence electrons. The van der Waals surface area contributed by atoms with Crippen molar-refractivity contribution in [3.05, 3.63) is 48.0 Å². The smallest absolute Gasteiger partial charge is 0.259 e. The van der Waals surface area contributed by atoms with Crippen molar-refractivity contribution >= 4 is 51.9 Å². The van der Waals surface area contributed by atoms with Gasteiger partial charge >= 0.3 is 0 Å². The second-order valence-corrected chi connectivity index (χ2v) is 10.2. The fourth-order valence-corrected chi connectivity index (χ4v) is 5.33. The van der Waals surface area contributed by atoms with Crippen molar-refractivity contribution in [2.75, 3.05) is 18.7 Å². The third kappa shape index (κ3) is 5.24. The van der Waals surface area contributed by atoms with Gasteiger partial charge in [0.25, 0.3) is 5.91 Å². The number of anilines is 1. The van der Waals surface area contributed by atoms with E-state index in [4.69, 9.17) is 14.5 Å². The van der Waals surface area contributed by atoms with Gasteiger partial charge in [-0.2, -0.15) is 0 Å². The molecule has 0 radical (unpaired) electrons. The number of carbonyl (C=O) groups excluding carboxylic acids is 3. The van der Waals surface area contributed by atoms with Gasteiger partial charge in [0.05, 0.1) is 17.4 Å². The summed E-state index contributed by atoms with van der Waals surface area (Å²) in [4.78, 5) is 50.0. The van der Waals surface area contributed by atoms with Crippen LogP contribution in [0.2, 0.25) is 0 Å². The number of fused-ring (bicyclic) bond motifs is 4. The zero-order chi connectivity index (χ0) is 26.6. The minimum Gasteiger partial charge on any atom is -0.454 e. The third-order valence-electron chi connectivity index (χ3n) is 6.33. The molecule has 0 fully saturated rings. The molecule has 2 N–H and O–H groups in total. The molecule has 0 saturated carbocycles. The Morgan fingerprint density at radius 2 is 1.97 bits per heavy atom. The molecule has 0 unspecified atom stereocenters. The number of hydrogen-bond acceptors (Lipinski definition) is 8. The van der Waals surface area contributed by atoms with Gasteiger partial charge in [-0.25, -0.2) is 9.89 Å². The zero-order valence-corrected chi connectivity index (χ0v) is 22.0. The summed E-state index contributed by atoms with van der Waals surface area (Å²) in [5.74, 6) is 0.903. The van der Waals surface area contributed by atoms with Crippen molar-refractivity contribution in [2.45, 2.75) is 50.8 Å². The van der Waals surface area contributed by atoms with E-state index in [1.165, 1.54) is 16.7 Å². The van der Waals surface area contributed by atoms with Crippen LogP contribution in [-0.2, 0) is 14.4 Å². The van der Waals surface area contributed by atoms with Crippen LogP contribution >= 0.6 is 11.8 Å². The van der Waals surface area contributed by atoms with E-state index in [0.29, 0.717) is 46.8 Å². The summed E-state index contributed by atoms with van der Waals surface area (Å²) < 4.78 is 10.7. The zero-order valence-electron chi connectivity index (χ0n) is 21.2. The van der Waals surface area contributed by atoms with Crippen molar-refractivity contribution in [2.24, 2.45) is 9.98 Å². The Morgan fingerprint density at radius 1 is 1.16 bits per heavy atom. The normalized spacial score (nSPS) is 17.8. The lowest BCUT2D eigenvalue weighted by Crippen LogP contribution is -2.43. The van der Waals surface area contributed by atoms with Crippen LogP contribution < -0.4 is 20.1 Å². The first-order valence-corrected chi connectivity index (χ1v) is 13.6. The minimum absolute atomic E-state index is 0.0372. The average molecular weight is 536 g/mol. The average Bonchev–Trinajstić information content (AvgIpc) is 3.51. The standard InChI is InChI=1S/C27H29N5O5S/c1-3-5-12-28-23(33)14-19-26(35)32-24(30-19)17-8-6-7-9-18(17)31-27(32)38-22(4-2)25(34)29-16-10-11-20-21(13-16)37-15-36-20/h6-11,13,19,22H,3-5,12,14-15H2,1-2H3,(H,28,33)(H,29,34)/t19-,22+/m0/s1. The largest absolute Gasteiger partial charge is 0.454 e. The number of benzene rings is 2. The Kier molecular flexibility index (Phi) is 7.64. The summed E-state index contributed by atoms with van der Waals surface area (Å²) in [6.07, 6.45) is 2.30. The Bertz CT molecular complexity index is 1330. The predicted molar refractivity (Wildman–Crippen MR) is 146 cm³/mol. The van der Waals surface area contributed by atoms with Crippen LogP contribution in [0.1, 0.15) is 45.1 Å². The lowest BCUT2D eigenvalue weighted by atomic mass is 10.1. The van der Waals surface area contributed by atoms with Crippen LogP contribution in [0, 0.1) is 0 Å². The number of nitrogens with zero attached hydrogens (tertiary/aromatic N) is 3. The van der Waals surface area contributed by atoms with Crippen molar-refractivity contribution in [3.8, 4) is 11.5 Å². The first-order valence-electron chi connectivity index (χ1n) is 12.7. The van der Waals surface area contributed by atoms with E-state index in [1.807, 2.05) is 38.1 Å². The summed E-state index contributed by atoms with van der Waals surface area (Å²) in [5.41, 5.74) is 1.97. The van der Waals surface area contributed by atoms with Crippen molar-refractivity contribution < 1.29 is 23.9 Å². The fourth-order valence-electron chi connectivity index (χ4n) is 4.31. The number of thioether (sulfide) groups is 1. The molecule has 5 rings (SSSR count). The number of para-hydroxylation sites is 1. The summed E-state index contributed by atoms with van der Waals surface area (Å²) in [6.45, 7) is 4.67. The van der Waals surface area contributed by atoms with E-state index in [0.717, 1.165) is 18.4 Å². The molecule has 11 heteroatoms. The maximum absolute atomic E-state index is 13.5. The highest BCUT2D eigenvalue weighted by Crippen LogP contribution is 2.37. The molecule has 3 aliphatic heterocycles. The number of amides is 3. The van der Waals surface area contributed by atoms with Crippen LogP contribution in [0.5, 0.6) is 11.5 Å². The first-order chi connectivity index (χ1) is 18.5. The van der Waals surface area contributed by atoms with Gasteiger partial charge in [-0.05, 0) is 37.1 Å². The van der Waals surface area contributed by atoms with Gasteiger partial charge < -0.3 is 20.1 Å². The number of hydrogen-bond donors (Lipinski definition) is 2. The summed E-state index contributed by atoms with van der Waals surface area (Å²) in [5, 5.41) is 5.62. The van der Waals surface area contributed by atoms with Gasteiger partial charge in [-0.3, -0.25) is 19.4 Å². The number of amidine groups is 2. The maximum atomic E-state index is 13.5. The van der Waals surface area contributed by atoms with E-state index in [1.54, 1.807) is 18.2 Å². The van der Waals surface area contributed by atoms with Crippen LogP contribution in [0.3, 0.4) is 0 Å².